The Labute approximate surface area is 122 Å². The molecule has 0 bridgehead atoms. The van der Waals surface area contributed by atoms with Crippen LogP contribution in [0.15, 0.2) is 24.4 Å². The van der Waals surface area contributed by atoms with Crippen LogP contribution in [0.5, 0.6) is 0 Å². The van der Waals surface area contributed by atoms with E-state index in [-0.39, 0.29) is 0 Å². The lowest BCUT2D eigenvalue weighted by molar-refractivity contribution is 0.612. The Kier molecular flexibility index (Phi) is 18.7. The Bertz CT molecular complexity index is 200. The molecule has 1 saturated carbocycles. The second-order valence-corrected chi connectivity index (χ2v) is 4.98. The maximum absolute atomic E-state index is 3.91. The van der Waals surface area contributed by atoms with Crippen LogP contribution in [0.1, 0.15) is 79.6 Å². The van der Waals surface area contributed by atoms with E-state index in [0.29, 0.717) is 0 Å². The summed E-state index contributed by atoms with van der Waals surface area (Å²) < 4.78 is 0. The first-order valence-electron chi connectivity index (χ1n) is 8.23. The summed E-state index contributed by atoms with van der Waals surface area (Å²) in [6, 6.07) is 0. The lowest BCUT2D eigenvalue weighted by Gasteiger charge is -2.04. The molecule has 1 N–H and O–H groups in total. The number of hydrogen-bond donors (Lipinski definition) is 1. The molecule has 1 rings (SSSR count). The molecule has 0 aliphatic heterocycles. The fourth-order valence-electron chi connectivity index (χ4n) is 2.07. The Balaban J connectivity index is 0. The van der Waals surface area contributed by atoms with Crippen LogP contribution in [-0.2, 0) is 0 Å². The number of rotatable bonds is 6. The largest absolute Gasteiger partial charge is 0.389 e. The van der Waals surface area contributed by atoms with Gasteiger partial charge in [0, 0.05) is 12.2 Å². The summed E-state index contributed by atoms with van der Waals surface area (Å²) in [5, 5.41) is 3.20. The second kappa shape index (κ2) is 17.3. The van der Waals surface area contributed by atoms with E-state index in [1.165, 1.54) is 38.5 Å². The Morgan fingerprint density at radius 3 is 2.21 bits per heavy atom. The number of hydrogen-bond acceptors (Lipinski definition) is 1. The Morgan fingerprint density at radius 1 is 1.26 bits per heavy atom. The molecule has 0 unspecified atom stereocenters. The van der Waals surface area contributed by atoms with Crippen molar-refractivity contribution in [2.45, 2.75) is 79.6 Å². The SMILES string of the molecule is C=C(CCC/C=C\C)NCC.CC.CC1CCCC1. The predicted molar refractivity (Wildman–Crippen MR) is 90.5 cm³/mol. The average molecular weight is 268 g/mol. The normalized spacial score (nSPS) is 14.4. The third kappa shape index (κ3) is 17.3. The van der Waals surface area contributed by atoms with Gasteiger partial charge < -0.3 is 5.32 Å². The quantitative estimate of drug-likeness (QED) is 0.454. The van der Waals surface area contributed by atoms with E-state index in [1.807, 2.05) is 13.8 Å². The second-order valence-electron chi connectivity index (χ2n) is 4.98. The van der Waals surface area contributed by atoms with Gasteiger partial charge in [-0.15, -0.1) is 0 Å². The first kappa shape index (κ1) is 20.6. The molecule has 0 atom stereocenters. The topological polar surface area (TPSA) is 12.0 Å². The minimum Gasteiger partial charge on any atom is -0.389 e. The molecule has 0 saturated heterocycles. The van der Waals surface area contributed by atoms with Crippen molar-refractivity contribution < 1.29 is 0 Å². The number of unbranched alkanes of at least 4 members (excludes halogenated alkanes) is 1. The predicted octanol–water partition coefficient (Wildman–Crippen LogP) is 6.08. The lowest BCUT2D eigenvalue weighted by Crippen LogP contribution is -2.10. The standard InChI is InChI=1S/C10H19N.C6H12.C2H6/c1-4-6-7-8-9-10(3)11-5-2;1-6-4-2-3-5-6;1-2/h4,6,11H,3,5,7-9H2,1-2H3;6H,2-5H2,1H3;1-2H3/b6-4-;;. The zero-order valence-electron chi connectivity index (χ0n) is 14.1. The highest BCUT2D eigenvalue weighted by atomic mass is 14.9. The van der Waals surface area contributed by atoms with Crippen LogP contribution in [0.25, 0.3) is 0 Å². The van der Waals surface area contributed by atoms with Gasteiger partial charge in [0.05, 0.1) is 0 Å². The van der Waals surface area contributed by atoms with E-state index in [4.69, 9.17) is 0 Å². The zero-order chi connectivity index (χ0) is 14.9. The molecule has 0 aromatic carbocycles. The van der Waals surface area contributed by atoms with Crippen LogP contribution in [0.3, 0.4) is 0 Å². The van der Waals surface area contributed by atoms with Crippen molar-refractivity contribution in [3.05, 3.63) is 24.4 Å². The third-order valence-electron chi connectivity index (χ3n) is 3.16. The van der Waals surface area contributed by atoms with Crippen molar-refractivity contribution in [3.8, 4) is 0 Å². The summed E-state index contributed by atoms with van der Waals surface area (Å²) in [5.41, 5.74) is 1.16. The molecule has 1 nitrogen and oxygen atoms in total. The Morgan fingerprint density at radius 2 is 1.84 bits per heavy atom. The molecule has 1 heteroatoms. The van der Waals surface area contributed by atoms with Gasteiger partial charge >= 0.3 is 0 Å². The van der Waals surface area contributed by atoms with E-state index in [1.54, 1.807) is 0 Å². The van der Waals surface area contributed by atoms with Crippen molar-refractivity contribution in [1.82, 2.24) is 5.32 Å². The molecule has 0 aromatic heterocycles. The average Bonchev–Trinajstić information content (AvgIpc) is 2.89. The zero-order valence-corrected chi connectivity index (χ0v) is 14.1. The first-order chi connectivity index (χ1) is 9.20. The summed E-state index contributed by atoms with van der Waals surface area (Å²) in [5.74, 6) is 1.05. The van der Waals surface area contributed by atoms with Gasteiger partial charge in [-0.05, 0) is 39.0 Å². The van der Waals surface area contributed by atoms with Gasteiger partial charge in [0.15, 0.2) is 0 Å². The monoisotopic (exact) mass is 267 g/mol. The van der Waals surface area contributed by atoms with E-state index in [2.05, 4.69) is 44.8 Å². The highest BCUT2D eigenvalue weighted by Gasteiger charge is 2.07. The van der Waals surface area contributed by atoms with Gasteiger partial charge in [-0.3, -0.25) is 0 Å². The number of nitrogens with one attached hydrogen (secondary N) is 1. The molecule has 0 aromatic rings. The lowest BCUT2D eigenvalue weighted by atomic mass is 10.2. The van der Waals surface area contributed by atoms with Gasteiger partial charge in [0.1, 0.15) is 0 Å². The highest BCUT2D eigenvalue weighted by Crippen LogP contribution is 2.22. The molecule has 1 aliphatic rings. The first-order valence-corrected chi connectivity index (χ1v) is 8.23. The minimum absolute atomic E-state index is 0.989. The van der Waals surface area contributed by atoms with Crippen molar-refractivity contribution in [2.75, 3.05) is 6.54 Å². The Hall–Kier alpha value is -0.720. The molecule has 1 fully saturated rings. The fourth-order valence-corrected chi connectivity index (χ4v) is 2.07. The van der Waals surface area contributed by atoms with E-state index >= 15 is 0 Å². The van der Waals surface area contributed by atoms with E-state index < -0.39 is 0 Å². The molecule has 0 radical (unpaired) electrons. The van der Waals surface area contributed by atoms with Crippen LogP contribution in [0.2, 0.25) is 0 Å². The number of allylic oxidation sites excluding steroid dienone is 3. The van der Waals surface area contributed by atoms with Crippen molar-refractivity contribution >= 4 is 0 Å². The van der Waals surface area contributed by atoms with Gasteiger partial charge in [-0.1, -0.05) is 65.2 Å². The summed E-state index contributed by atoms with van der Waals surface area (Å²) >= 11 is 0. The molecule has 0 spiro atoms. The maximum atomic E-state index is 3.91. The van der Waals surface area contributed by atoms with Gasteiger partial charge in [0.25, 0.3) is 0 Å². The summed E-state index contributed by atoms with van der Waals surface area (Å²) in [6.45, 7) is 15.4. The van der Waals surface area contributed by atoms with Crippen molar-refractivity contribution in [3.63, 3.8) is 0 Å². The van der Waals surface area contributed by atoms with Crippen molar-refractivity contribution in [2.24, 2.45) is 5.92 Å². The van der Waals surface area contributed by atoms with Crippen molar-refractivity contribution in [1.29, 1.82) is 0 Å². The van der Waals surface area contributed by atoms with Crippen LogP contribution >= 0.6 is 0 Å². The van der Waals surface area contributed by atoms with E-state index in [0.717, 1.165) is 24.6 Å². The van der Waals surface area contributed by atoms with Crippen LogP contribution in [0.4, 0.5) is 0 Å². The van der Waals surface area contributed by atoms with Crippen LogP contribution in [0, 0.1) is 5.92 Å². The summed E-state index contributed by atoms with van der Waals surface area (Å²) in [4.78, 5) is 0. The molecule has 1 aliphatic carbocycles. The molecule has 114 valence electrons. The maximum Gasteiger partial charge on any atom is 0.0115 e. The van der Waals surface area contributed by atoms with E-state index in [9.17, 15) is 0 Å². The third-order valence-corrected chi connectivity index (χ3v) is 3.16. The van der Waals surface area contributed by atoms with Crippen LogP contribution in [-0.4, -0.2) is 6.54 Å². The molecule has 0 amide bonds. The fraction of sp³-hybridized carbons (Fsp3) is 0.778. The molecule has 19 heavy (non-hydrogen) atoms. The molecule has 0 heterocycles. The summed E-state index contributed by atoms with van der Waals surface area (Å²) in [6.07, 6.45) is 13.7. The van der Waals surface area contributed by atoms with Gasteiger partial charge in [-0.2, -0.15) is 0 Å². The van der Waals surface area contributed by atoms with Crippen LogP contribution < -0.4 is 5.32 Å². The molecular weight excluding hydrogens is 230 g/mol. The van der Waals surface area contributed by atoms with Gasteiger partial charge in [0.2, 0.25) is 0 Å². The minimum atomic E-state index is 0.989. The summed E-state index contributed by atoms with van der Waals surface area (Å²) in [7, 11) is 0. The smallest absolute Gasteiger partial charge is 0.0115 e. The highest BCUT2D eigenvalue weighted by molar-refractivity contribution is 4.91. The molecular formula is C18H37N. The van der Waals surface area contributed by atoms with Gasteiger partial charge in [-0.25, -0.2) is 0 Å².